The number of hydrogen-bond acceptors (Lipinski definition) is 1. The van der Waals surface area contributed by atoms with Crippen molar-refractivity contribution in [1.82, 2.24) is 4.57 Å². The smallest absolute Gasteiger partial charge is 0.294 e. The van der Waals surface area contributed by atoms with E-state index in [2.05, 4.69) is 0 Å². The maximum Gasteiger partial charge on any atom is 1.00 e. The van der Waals surface area contributed by atoms with E-state index in [4.69, 9.17) is 0 Å². The van der Waals surface area contributed by atoms with Gasteiger partial charge >= 0.3 is 18.9 Å². The number of carbonyl (C=O) groups excluding carboxylic acids is 1. The summed E-state index contributed by atoms with van der Waals surface area (Å²) in [5.41, 5.74) is 0.708. The molecule has 0 saturated heterocycles. The van der Waals surface area contributed by atoms with Crippen LogP contribution in [-0.2, 0) is 14.1 Å². The predicted molar refractivity (Wildman–Crippen MR) is 36.7 cm³/mol. The fraction of sp³-hybridized carbons (Fsp3) is 0.429. The molecule has 0 aliphatic rings. The van der Waals surface area contributed by atoms with E-state index < -0.39 is 0 Å². The van der Waals surface area contributed by atoms with Crippen molar-refractivity contribution in [2.45, 2.75) is 6.92 Å². The van der Waals surface area contributed by atoms with E-state index in [-0.39, 0.29) is 18.9 Å². The molecule has 11 heavy (non-hydrogen) atoms. The molecule has 0 aliphatic carbocycles. The number of rotatable bonds is 1. The fourth-order valence-electron chi connectivity index (χ4n) is 0.911. The first-order chi connectivity index (χ1) is 4.66. The average molecular weight is 146 g/mol. The maximum absolute atomic E-state index is 10.4. The SMILES string of the molecule is Cc1n(C)c(C=O)c[n+]1C.[Li+]. The summed E-state index contributed by atoms with van der Waals surface area (Å²) in [5.74, 6) is 1.07. The number of aromatic nitrogens is 2. The van der Waals surface area contributed by atoms with Crippen LogP contribution in [0.1, 0.15) is 16.3 Å². The molecule has 1 aromatic heterocycles. The van der Waals surface area contributed by atoms with Crippen LogP contribution < -0.4 is 23.4 Å². The molecule has 0 aromatic carbocycles. The van der Waals surface area contributed by atoms with Crippen LogP contribution in [0.4, 0.5) is 0 Å². The summed E-state index contributed by atoms with van der Waals surface area (Å²) in [7, 11) is 3.79. The van der Waals surface area contributed by atoms with Gasteiger partial charge in [0.2, 0.25) is 5.69 Å². The molecule has 0 fully saturated rings. The summed E-state index contributed by atoms with van der Waals surface area (Å²) in [5, 5.41) is 0. The first-order valence-corrected chi connectivity index (χ1v) is 3.14. The third kappa shape index (κ3) is 1.73. The molecular weight excluding hydrogens is 135 g/mol. The molecule has 0 bridgehead atoms. The molecule has 3 nitrogen and oxygen atoms in total. The molecule has 0 aliphatic heterocycles. The average Bonchev–Trinajstić information content (AvgIpc) is 2.17. The van der Waals surface area contributed by atoms with Crippen molar-refractivity contribution in [2.75, 3.05) is 0 Å². The molecule has 0 N–H and O–H groups in total. The van der Waals surface area contributed by atoms with Crippen molar-refractivity contribution in [2.24, 2.45) is 14.1 Å². The van der Waals surface area contributed by atoms with Gasteiger partial charge in [0.05, 0.1) is 14.1 Å². The molecular formula is C7H11LiN2O+2. The van der Waals surface area contributed by atoms with Gasteiger partial charge in [0.25, 0.3) is 5.82 Å². The van der Waals surface area contributed by atoms with Gasteiger partial charge < -0.3 is 0 Å². The van der Waals surface area contributed by atoms with Crippen LogP contribution in [-0.4, -0.2) is 10.9 Å². The molecule has 1 aromatic rings. The van der Waals surface area contributed by atoms with E-state index in [1.54, 1.807) is 0 Å². The monoisotopic (exact) mass is 146 g/mol. The molecule has 0 unspecified atom stereocenters. The standard InChI is InChI=1S/C7H11N2O.Li/c1-6-8(2)4-7(5-10)9(6)3;/h4-5H,1-3H3;/q2*+1. The van der Waals surface area contributed by atoms with Gasteiger partial charge in [-0.15, -0.1) is 0 Å². The number of aldehydes is 1. The van der Waals surface area contributed by atoms with Gasteiger partial charge in [-0.3, -0.25) is 4.79 Å². The minimum absolute atomic E-state index is 0. The Balaban J connectivity index is 0.000001000. The Kier molecular flexibility index (Phi) is 3.57. The summed E-state index contributed by atoms with van der Waals surface area (Å²) in [6.45, 7) is 1.97. The minimum atomic E-state index is 0. The van der Waals surface area contributed by atoms with E-state index >= 15 is 0 Å². The molecule has 0 spiro atoms. The first kappa shape index (κ1) is 10.5. The normalized spacial score (nSPS) is 9.00. The third-order valence-electron chi connectivity index (χ3n) is 1.83. The van der Waals surface area contributed by atoms with E-state index in [0.29, 0.717) is 5.69 Å². The minimum Gasteiger partial charge on any atom is -0.294 e. The van der Waals surface area contributed by atoms with Crippen LogP contribution in [0.3, 0.4) is 0 Å². The molecule has 1 rings (SSSR count). The van der Waals surface area contributed by atoms with Crippen molar-refractivity contribution in [1.29, 1.82) is 0 Å². The number of nitrogens with zero attached hydrogens (tertiary/aromatic N) is 2. The molecule has 4 heteroatoms. The van der Waals surface area contributed by atoms with Gasteiger partial charge in [0.1, 0.15) is 6.20 Å². The van der Waals surface area contributed by atoms with E-state index in [0.717, 1.165) is 12.1 Å². The molecule has 0 atom stereocenters. The van der Waals surface area contributed by atoms with Crippen LogP contribution in [0, 0.1) is 6.92 Å². The Morgan fingerprint density at radius 2 is 2.18 bits per heavy atom. The Morgan fingerprint density at radius 3 is 2.36 bits per heavy atom. The molecule has 1 heterocycles. The van der Waals surface area contributed by atoms with Gasteiger partial charge in [-0.2, -0.15) is 0 Å². The van der Waals surface area contributed by atoms with Gasteiger partial charge in [-0.25, -0.2) is 9.13 Å². The van der Waals surface area contributed by atoms with Gasteiger partial charge in [0, 0.05) is 6.92 Å². The topological polar surface area (TPSA) is 25.9 Å². The van der Waals surface area contributed by atoms with Gasteiger partial charge in [-0.05, 0) is 0 Å². The quantitative estimate of drug-likeness (QED) is 0.235. The largest absolute Gasteiger partial charge is 1.00 e. The van der Waals surface area contributed by atoms with Crippen LogP contribution in [0.15, 0.2) is 6.20 Å². The molecule has 0 saturated carbocycles. The fourth-order valence-corrected chi connectivity index (χ4v) is 0.911. The number of aryl methyl sites for hydroxylation is 1. The second-order valence-electron chi connectivity index (χ2n) is 2.39. The molecule has 0 radical (unpaired) electrons. The van der Waals surface area contributed by atoms with Crippen molar-refractivity contribution < 1.29 is 28.2 Å². The zero-order valence-corrected chi connectivity index (χ0v) is 7.46. The van der Waals surface area contributed by atoms with Crippen molar-refractivity contribution in [3.8, 4) is 0 Å². The van der Waals surface area contributed by atoms with Crippen LogP contribution >= 0.6 is 0 Å². The summed E-state index contributed by atoms with van der Waals surface area (Å²) < 4.78 is 3.77. The zero-order valence-electron chi connectivity index (χ0n) is 7.46. The van der Waals surface area contributed by atoms with E-state index in [9.17, 15) is 4.79 Å². The summed E-state index contributed by atoms with van der Waals surface area (Å²) in [6.07, 6.45) is 2.66. The number of hydrogen-bond donors (Lipinski definition) is 0. The van der Waals surface area contributed by atoms with Crippen molar-refractivity contribution >= 4 is 6.29 Å². The second-order valence-corrected chi connectivity index (χ2v) is 2.39. The number of carbonyl (C=O) groups is 1. The van der Waals surface area contributed by atoms with Crippen molar-refractivity contribution in [3.05, 3.63) is 17.7 Å². The zero-order chi connectivity index (χ0) is 7.72. The summed E-state index contributed by atoms with van der Waals surface area (Å²) >= 11 is 0. The Labute approximate surface area is 78.2 Å². The predicted octanol–water partition coefficient (Wildman–Crippen LogP) is -3.03. The van der Waals surface area contributed by atoms with Gasteiger partial charge in [0.15, 0.2) is 6.29 Å². The Bertz CT molecular complexity index is 268. The van der Waals surface area contributed by atoms with Crippen LogP contribution in [0.5, 0.6) is 0 Å². The maximum atomic E-state index is 10.4. The Hall–Kier alpha value is -0.523. The van der Waals surface area contributed by atoms with Crippen molar-refractivity contribution in [3.63, 3.8) is 0 Å². The summed E-state index contributed by atoms with van der Waals surface area (Å²) in [4.78, 5) is 10.4. The molecule has 0 amide bonds. The number of imidazole rings is 1. The summed E-state index contributed by atoms with van der Waals surface area (Å²) in [6, 6.07) is 0. The van der Waals surface area contributed by atoms with Crippen LogP contribution in [0.2, 0.25) is 0 Å². The van der Waals surface area contributed by atoms with E-state index in [1.807, 2.05) is 36.4 Å². The van der Waals surface area contributed by atoms with Gasteiger partial charge in [-0.1, -0.05) is 0 Å². The third-order valence-corrected chi connectivity index (χ3v) is 1.83. The Morgan fingerprint density at radius 1 is 1.64 bits per heavy atom. The van der Waals surface area contributed by atoms with Crippen LogP contribution in [0.25, 0.3) is 0 Å². The molecule has 54 valence electrons. The van der Waals surface area contributed by atoms with E-state index in [1.165, 1.54) is 0 Å². The first-order valence-electron chi connectivity index (χ1n) is 3.14. The second kappa shape index (κ2) is 3.75.